The molecule has 0 N–H and O–H groups in total. The molecule has 0 saturated heterocycles. The summed E-state index contributed by atoms with van der Waals surface area (Å²) < 4.78 is 0. The number of unbranched alkanes of at least 4 members (excludes halogenated alkanes) is 19. The Hall–Kier alpha value is -0.260. The van der Waals surface area contributed by atoms with E-state index in [4.69, 9.17) is 0 Å². The summed E-state index contributed by atoms with van der Waals surface area (Å²) in [5.74, 6) is 0.950. The molecular weight excluding hydrogens is 360 g/mol. The SMILES string of the molecule is CCCCCCCCCCCCCCCCC/C=C/CCCCCC(C)CCCC. The lowest BCUT2D eigenvalue weighted by molar-refractivity contribution is 0.446. The lowest BCUT2D eigenvalue weighted by Gasteiger charge is -2.09. The molecule has 0 fully saturated rings. The Morgan fingerprint density at radius 3 is 1.17 bits per heavy atom. The minimum Gasteiger partial charge on any atom is -0.0885 e. The van der Waals surface area contributed by atoms with Crippen LogP contribution in [0.4, 0.5) is 0 Å². The molecule has 0 amide bonds. The predicted octanol–water partition coefficient (Wildman–Crippen LogP) is 11.6. The molecular formula is C30H60. The molecule has 0 bridgehead atoms. The van der Waals surface area contributed by atoms with Crippen LogP contribution in [0.25, 0.3) is 0 Å². The minimum absolute atomic E-state index is 0.950. The lowest BCUT2D eigenvalue weighted by atomic mass is 9.97. The van der Waals surface area contributed by atoms with Crippen LogP contribution >= 0.6 is 0 Å². The van der Waals surface area contributed by atoms with Gasteiger partial charge in [-0.2, -0.15) is 0 Å². The standard InChI is InChI=1S/C30H60/c1-4-6-8-9-10-11-12-13-14-15-16-17-18-19-20-21-22-23-24-25-26-27-29-30(3)28-7-5-2/h22-23,30H,4-21,24-29H2,1-3H3/b23-22+. The minimum atomic E-state index is 0.950. The van der Waals surface area contributed by atoms with E-state index in [2.05, 4.69) is 32.9 Å². The van der Waals surface area contributed by atoms with Gasteiger partial charge in [0.1, 0.15) is 0 Å². The van der Waals surface area contributed by atoms with Gasteiger partial charge in [-0.3, -0.25) is 0 Å². The summed E-state index contributed by atoms with van der Waals surface area (Å²) in [6.07, 6.45) is 39.3. The van der Waals surface area contributed by atoms with Crippen LogP contribution in [0.1, 0.15) is 175 Å². The highest BCUT2D eigenvalue weighted by atomic mass is 14.1. The van der Waals surface area contributed by atoms with Gasteiger partial charge in [-0.15, -0.1) is 0 Å². The van der Waals surface area contributed by atoms with Crippen molar-refractivity contribution in [3.63, 3.8) is 0 Å². The second-order valence-electron chi connectivity index (χ2n) is 10.1. The van der Waals surface area contributed by atoms with Crippen molar-refractivity contribution in [2.24, 2.45) is 5.92 Å². The van der Waals surface area contributed by atoms with Crippen LogP contribution in [0.5, 0.6) is 0 Å². The quantitative estimate of drug-likeness (QED) is 0.102. The van der Waals surface area contributed by atoms with Gasteiger partial charge in [-0.25, -0.2) is 0 Å². The van der Waals surface area contributed by atoms with Gasteiger partial charge < -0.3 is 0 Å². The Kier molecular flexibility index (Phi) is 26.5. The first-order chi connectivity index (χ1) is 14.8. The molecule has 0 heterocycles. The van der Waals surface area contributed by atoms with E-state index in [1.165, 1.54) is 154 Å². The molecule has 0 aliphatic rings. The number of hydrogen-bond acceptors (Lipinski definition) is 0. The van der Waals surface area contributed by atoms with E-state index in [1.54, 1.807) is 0 Å². The van der Waals surface area contributed by atoms with Crippen molar-refractivity contribution in [1.82, 2.24) is 0 Å². The summed E-state index contributed by atoms with van der Waals surface area (Å²) in [7, 11) is 0. The Bertz CT molecular complexity index is 316. The maximum Gasteiger partial charge on any atom is -0.0351 e. The van der Waals surface area contributed by atoms with Crippen LogP contribution in [0.2, 0.25) is 0 Å². The van der Waals surface area contributed by atoms with Crippen LogP contribution < -0.4 is 0 Å². The molecule has 0 spiro atoms. The lowest BCUT2D eigenvalue weighted by Crippen LogP contribution is -1.94. The van der Waals surface area contributed by atoms with Crippen LogP contribution in [-0.2, 0) is 0 Å². The molecule has 0 radical (unpaired) electrons. The topological polar surface area (TPSA) is 0 Å². The first-order valence-electron chi connectivity index (χ1n) is 14.5. The van der Waals surface area contributed by atoms with Gasteiger partial charge >= 0.3 is 0 Å². The van der Waals surface area contributed by atoms with Crippen molar-refractivity contribution in [2.45, 2.75) is 175 Å². The number of allylic oxidation sites excluding steroid dienone is 2. The molecule has 0 nitrogen and oxygen atoms in total. The van der Waals surface area contributed by atoms with E-state index >= 15 is 0 Å². The van der Waals surface area contributed by atoms with Crippen molar-refractivity contribution in [3.05, 3.63) is 12.2 Å². The van der Waals surface area contributed by atoms with Gasteiger partial charge in [-0.05, 0) is 31.6 Å². The molecule has 0 aliphatic carbocycles. The monoisotopic (exact) mass is 420 g/mol. The molecule has 30 heavy (non-hydrogen) atoms. The van der Waals surface area contributed by atoms with Crippen LogP contribution in [0.3, 0.4) is 0 Å². The van der Waals surface area contributed by atoms with Gasteiger partial charge in [0.15, 0.2) is 0 Å². The highest BCUT2D eigenvalue weighted by Gasteiger charge is 2.00. The van der Waals surface area contributed by atoms with E-state index in [1.807, 2.05) is 0 Å². The summed E-state index contributed by atoms with van der Waals surface area (Å²) in [5, 5.41) is 0. The molecule has 0 heteroatoms. The Balaban J connectivity index is 3.12. The molecule has 0 aromatic carbocycles. The largest absolute Gasteiger partial charge is 0.0885 e. The van der Waals surface area contributed by atoms with Crippen LogP contribution in [0, 0.1) is 5.92 Å². The second-order valence-corrected chi connectivity index (χ2v) is 10.1. The third-order valence-electron chi connectivity index (χ3n) is 6.76. The maximum atomic E-state index is 2.45. The Morgan fingerprint density at radius 2 is 0.733 bits per heavy atom. The highest BCUT2D eigenvalue weighted by molar-refractivity contribution is 4.81. The van der Waals surface area contributed by atoms with E-state index in [-0.39, 0.29) is 0 Å². The van der Waals surface area contributed by atoms with Crippen molar-refractivity contribution in [1.29, 1.82) is 0 Å². The molecule has 0 aromatic rings. The van der Waals surface area contributed by atoms with Gasteiger partial charge in [-0.1, -0.05) is 161 Å². The van der Waals surface area contributed by atoms with E-state index in [0.717, 1.165) is 5.92 Å². The molecule has 0 aliphatic heterocycles. The smallest absolute Gasteiger partial charge is 0.0351 e. The fraction of sp³-hybridized carbons (Fsp3) is 0.933. The summed E-state index contributed by atoms with van der Waals surface area (Å²) in [6, 6.07) is 0. The van der Waals surface area contributed by atoms with Crippen LogP contribution in [0.15, 0.2) is 12.2 Å². The Labute approximate surface area is 193 Å². The zero-order valence-electron chi connectivity index (χ0n) is 21.7. The number of hydrogen-bond donors (Lipinski definition) is 0. The van der Waals surface area contributed by atoms with E-state index in [9.17, 15) is 0 Å². The number of rotatable bonds is 25. The molecule has 0 saturated carbocycles. The van der Waals surface area contributed by atoms with E-state index < -0.39 is 0 Å². The summed E-state index contributed by atoms with van der Waals surface area (Å²) in [6.45, 7) is 7.04. The average Bonchev–Trinajstić information content (AvgIpc) is 2.75. The first-order valence-corrected chi connectivity index (χ1v) is 14.5. The Morgan fingerprint density at radius 1 is 0.400 bits per heavy atom. The fourth-order valence-corrected chi connectivity index (χ4v) is 4.50. The van der Waals surface area contributed by atoms with Crippen molar-refractivity contribution in [2.75, 3.05) is 0 Å². The second kappa shape index (κ2) is 26.8. The van der Waals surface area contributed by atoms with Crippen molar-refractivity contribution >= 4 is 0 Å². The normalized spacial score (nSPS) is 12.8. The molecule has 1 unspecified atom stereocenters. The van der Waals surface area contributed by atoms with Gasteiger partial charge in [0.2, 0.25) is 0 Å². The van der Waals surface area contributed by atoms with Gasteiger partial charge in [0.05, 0.1) is 0 Å². The molecule has 180 valence electrons. The summed E-state index contributed by atoms with van der Waals surface area (Å²) in [5.41, 5.74) is 0. The molecule has 0 rings (SSSR count). The van der Waals surface area contributed by atoms with Gasteiger partial charge in [0, 0.05) is 0 Å². The first kappa shape index (κ1) is 29.7. The van der Waals surface area contributed by atoms with E-state index in [0.29, 0.717) is 0 Å². The third-order valence-corrected chi connectivity index (χ3v) is 6.76. The molecule has 1 atom stereocenters. The van der Waals surface area contributed by atoms with Gasteiger partial charge in [0.25, 0.3) is 0 Å². The predicted molar refractivity (Wildman–Crippen MR) is 140 cm³/mol. The fourth-order valence-electron chi connectivity index (χ4n) is 4.50. The maximum absolute atomic E-state index is 2.45. The molecule has 0 aromatic heterocycles. The zero-order valence-corrected chi connectivity index (χ0v) is 21.7. The average molecular weight is 421 g/mol. The summed E-state index contributed by atoms with van der Waals surface area (Å²) in [4.78, 5) is 0. The third kappa shape index (κ3) is 25.8. The van der Waals surface area contributed by atoms with Crippen LogP contribution in [-0.4, -0.2) is 0 Å². The highest BCUT2D eigenvalue weighted by Crippen LogP contribution is 2.17. The zero-order chi connectivity index (χ0) is 22.0. The van der Waals surface area contributed by atoms with Crippen molar-refractivity contribution < 1.29 is 0 Å². The van der Waals surface area contributed by atoms with Crippen molar-refractivity contribution in [3.8, 4) is 0 Å². The summed E-state index contributed by atoms with van der Waals surface area (Å²) >= 11 is 0.